The van der Waals surface area contributed by atoms with Gasteiger partial charge in [-0.1, -0.05) is 23.8 Å². The van der Waals surface area contributed by atoms with Crippen LogP contribution in [0.2, 0.25) is 4.34 Å². The molecule has 0 saturated heterocycles. The average molecular weight is 289 g/mol. The lowest BCUT2D eigenvalue weighted by molar-refractivity contribution is -0.133. The zero-order chi connectivity index (χ0) is 12.6. The number of hydrogen-bond donors (Lipinski definition) is 1. The Balaban J connectivity index is 2.03. The van der Waals surface area contributed by atoms with Crippen molar-refractivity contribution in [3.05, 3.63) is 21.3 Å². The van der Waals surface area contributed by atoms with Crippen LogP contribution in [-0.2, 0) is 11.3 Å². The van der Waals surface area contributed by atoms with Gasteiger partial charge in [0, 0.05) is 11.9 Å². The van der Waals surface area contributed by atoms with Gasteiger partial charge in [-0.05, 0) is 25.0 Å². The number of carbonyl (C=O) groups excluding carboxylic acids is 1. The minimum atomic E-state index is -0.564. The molecule has 0 atom stereocenters. The van der Waals surface area contributed by atoms with Crippen molar-refractivity contribution in [2.24, 2.45) is 11.1 Å². The summed E-state index contributed by atoms with van der Waals surface area (Å²) in [6.45, 7) is 0.556. The fourth-order valence-electron chi connectivity index (χ4n) is 1.80. The normalized spacial score (nSPS) is 16.6. The summed E-state index contributed by atoms with van der Waals surface area (Å²) in [5.74, 6) is 0.0227. The first-order valence-corrected chi connectivity index (χ1v) is 6.86. The molecule has 0 spiro atoms. The third kappa shape index (κ3) is 2.46. The molecule has 0 bridgehead atoms. The number of nitrogens with two attached hydrogens (primary N) is 1. The summed E-state index contributed by atoms with van der Waals surface area (Å²) >= 11 is 12.3. The Labute approximate surface area is 115 Å². The van der Waals surface area contributed by atoms with Gasteiger partial charge in [0.25, 0.3) is 0 Å². The second-order valence-electron chi connectivity index (χ2n) is 4.31. The summed E-state index contributed by atoms with van der Waals surface area (Å²) in [7, 11) is 1.77. The first-order chi connectivity index (χ1) is 7.95. The number of carbonyl (C=O) groups is 1. The molecule has 1 aliphatic carbocycles. The van der Waals surface area contributed by atoms with Crippen molar-refractivity contribution in [2.45, 2.75) is 19.4 Å². The van der Waals surface area contributed by atoms with E-state index in [1.54, 1.807) is 11.9 Å². The fourth-order valence-corrected chi connectivity index (χ4v) is 3.23. The minimum absolute atomic E-state index is 0.0227. The second-order valence-corrected chi connectivity index (χ2v) is 6.55. The van der Waals surface area contributed by atoms with Crippen molar-refractivity contribution in [1.82, 2.24) is 4.90 Å². The molecule has 1 aromatic heterocycles. The number of thiophene rings is 1. The highest BCUT2D eigenvalue weighted by molar-refractivity contribution is 7.80. The quantitative estimate of drug-likeness (QED) is 0.866. The van der Waals surface area contributed by atoms with Crippen molar-refractivity contribution < 1.29 is 4.79 Å². The van der Waals surface area contributed by atoms with E-state index in [1.165, 1.54) is 11.3 Å². The van der Waals surface area contributed by atoms with Crippen LogP contribution < -0.4 is 5.73 Å². The van der Waals surface area contributed by atoms with E-state index in [4.69, 9.17) is 29.6 Å². The molecule has 1 aliphatic rings. The summed E-state index contributed by atoms with van der Waals surface area (Å²) in [6.07, 6.45) is 1.55. The van der Waals surface area contributed by atoms with Crippen LogP contribution in [0.15, 0.2) is 12.1 Å². The summed E-state index contributed by atoms with van der Waals surface area (Å²) < 4.78 is 0.733. The number of hydrogen-bond acceptors (Lipinski definition) is 3. The Hall–Kier alpha value is -0.650. The molecule has 6 heteroatoms. The van der Waals surface area contributed by atoms with Gasteiger partial charge < -0.3 is 10.6 Å². The summed E-state index contributed by atoms with van der Waals surface area (Å²) in [5, 5.41) is 0. The van der Waals surface area contributed by atoms with E-state index in [0.717, 1.165) is 22.1 Å². The number of thiocarbonyl (C=S) groups is 1. The number of halogens is 1. The standard InChI is InChI=1S/C11H13ClN2OS2/c1-14(6-7-2-3-8(12)17-7)10(15)11(4-5-11)9(13)16/h2-3H,4-6H2,1H3,(H2,13,16). The molecule has 1 amide bonds. The van der Waals surface area contributed by atoms with Crippen molar-refractivity contribution in [3.63, 3.8) is 0 Å². The van der Waals surface area contributed by atoms with Gasteiger partial charge >= 0.3 is 0 Å². The molecule has 0 aromatic carbocycles. The Morgan fingerprint density at radius 1 is 1.65 bits per heavy atom. The average Bonchev–Trinajstić information content (AvgIpc) is 2.98. The van der Waals surface area contributed by atoms with Crippen LogP contribution in [0.3, 0.4) is 0 Å². The zero-order valence-corrected chi connectivity index (χ0v) is 11.8. The Bertz CT molecular complexity index is 468. The molecular formula is C11H13ClN2OS2. The minimum Gasteiger partial charge on any atom is -0.392 e. The van der Waals surface area contributed by atoms with Crippen LogP contribution in [0, 0.1) is 5.41 Å². The molecule has 2 rings (SSSR count). The fraction of sp³-hybridized carbons (Fsp3) is 0.455. The molecule has 1 aromatic rings. The van der Waals surface area contributed by atoms with Gasteiger partial charge in [-0.25, -0.2) is 0 Å². The molecule has 0 radical (unpaired) electrons. The van der Waals surface area contributed by atoms with Gasteiger partial charge in [0.05, 0.1) is 21.3 Å². The largest absolute Gasteiger partial charge is 0.392 e. The summed E-state index contributed by atoms with van der Waals surface area (Å²) in [5.41, 5.74) is 5.07. The number of rotatable bonds is 4. The topological polar surface area (TPSA) is 46.3 Å². The predicted molar refractivity (Wildman–Crippen MR) is 74.3 cm³/mol. The highest BCUT2D eigenvalue weighted by Gasteiger charge is 2.53. The van der Waals surface area contributed by atoms with Crippen LogP contribution in [-0.4, -0.2) is 22.8 Å². The lowest BCUT2D eigenvalue weighted by atomic mass is 10.1. The summed E-state index contributed by atoms with van der Waals surface area (Å²) in [4.78, 5) is 15.3. The Kier molecular flexibility index (Phi) is 3.43. The number of amides is 1. The lowest BCUT2D eigenvalue weighted by Crippen LogP contribution is -2.40. The lowest BCUT2D eigenvalue weighted by Gasteiger charge is -2.22. The van der Waals surface area contributed by atoms with E-state index < -0.39 is 5.41 Å². The SMILES string of the molecule is CN(Cc1ccc(Cl)s1)C(=O)C1(C(N)=S)CC1. The monoisotopic (exact) mass is 288 g/mol. The first-order valence-electron chi connectivity index (χ1n) is 5.25. The molecule has 1 heterocycles. The van der Waals surface area contributed by atoms with Crippen LogP contribution in [0.5, 0.6) is 0 Å². The smallest absolute Gasteiger partial charge is 0.235 e. The van der Waals surface area contributed by atoms with Gasteiger partial charge in [-0.2, -0.15) is 0 Å². The Morgan fingerprint density at radius 3 is 2.71 bits per heavy atom. The molecule has 1 saturated carbocycles. The van der Waals surface area contributed by atoms with Crippen LogP contribution in [0.1, 0.15) is 17.7 Å². The Morgan fingerprint density at radius 2 is 2.29 bits per heavy atom. The zero-order valence-electron chi connectivity index (χ0n) is 9.40. The van der Waals surface area contributed by atoms with Gasteiger partial charge in [-0.3, -0.25) is 4.79 Å². The highest BCUT2D eigenvalue weighted by atomic mass is 35.5. The van der Waals surface area contributed by atoms with E-state index in [9.17, 15) is 4.79 Å². The van der Waals surface area contributed by atoms with E-state index in [0.29, 0.717) is 11.5 Å². The van der Waals surface area contributed by atoms with Crippen molar-refractivity contribution >= 4 is 46.1 Å². The predicted octanol–water partition coefficient (Wildman–Crippen LogP) is 2.43. The number of nitrogens with zero attached hydrogens (tertiary/aromatic N) is 1. The molecule has 0 unspecified atom stereocenters. The third-order valence-corrected chi connectivity index (χ3v) is 4.61. The second kappa shape index (κ2) is 4.55. The van der Waals surface area contributed by atoms with Gasteiger partial charge in [-0.15, -0.1) is 11.3 Å². The third-order valence-electron chi connectivity index (χ3n) is 3.00. The molecule has 2 N–H and O–H groups in total. The van der Waals surface area contributed by atoms with Crippen molar-refractivity contribution in [1.29, 1.82) is 0 Å². The van der Waals surface area contributed by atoms with Gasteiger partial charge in [0.15, 0.2) is 0 Å². The van der Waals surface area contributed by atoms with Crippen LogP contribution in [0.4, 0.5) is 0 Å². The maximum Gasteiger partial charge on any atom is 0.235 e. The highest BCUT2D eigenvalue weighted by Crippen LogP contribution is 2.47. The van der Waals surface area contributed by atoms with Crippen LogP contribution in [0.25, 0.3) is 0 Å². The van der Waals surface area contributed by atoms with Crippen LogP contribution >= 0.6 is 35.2 Å². The molecule has 17 heavy (non-hydrogen) atoms. The molecule has 92 valence electrons. The van der Waals surface area contributed by atoms with Gasteiger partial charge in [0.2, 0.25) is 5.91 Å². The van der Waals surface area contributed by atoms with E-state index in [2.05, 4.69) is 0 Å². The molecule has 3 nitrogen and oxygen atoms in total. The van der Waals surface area contributed by atoms with E-state index in [-0.39, 0.29) is 5.91 Å². The van der Waals surface area contributed by atoms with E-state index >= 15 is 0 Å². The van der Waals surface area contributed by atoms with E-state index in [1.807, 2.05) is 12.1 Å². The molecule has 0 aliphatic heterocycles. The maximum atomic E-state index is 12.2. The molecule has 1 fully saturated rings. The molecular weight excluding hydrogens is 276 g/mol. The summed E-state index contributed by atoms with van der Waals surface area (Å²) in [6, 6.07) is 3.76. The maximum absolute atomic E-state index is 12.2. The van der Waals surface area contributed by atoms with Crippen molar-refractivity contribution in [3.8, 4) is 0 Å². The van der Waals surface area contributed by atoms with Gasteiger partial charge in [0.1, 0.15) is 0 Å². The van der Waals surface area contributed by atoms with Crippen molar-refractivity contribution in [2.75, 3.05) is 7.05 Å². The first kappa shape index (κ1) is 12.8.